The van der Waals surface area contributed by atoms with E-state index < -0.39 is 12.0 Å². The molecule has 0 bridgehead atoms. The number of ether oxygens (including phenoxy) is 1. The lowest BCUT2D eigenvalue weighted by Crippen LogP contribution is -2.43. The van der Waals surface area contributed by atoms with E-state index in [1.165, 1.54) is 0 Å². The summed E-state index contributed by atoms with van der Waals surface area (Å²) in [5.41, 5.74) is 2.01. The zero-order chi connectivity index (χ0) is 14.1. The number of carbonyl (C=O) groups is 2. The van der Waals surface area contributed by atoms with Gasteiger partial charge in [0.05, 0.1) is 13.0 Å². The quantitative estimate of drug-likeness (QED) is 0.845. The topological polar surface area (TPSA) is 75.6 Å². The molecule has 1 saturated carbocycles. The Kier molecular flexibility index (Phi) is 3.34. The molecule has 2 aliphatic rings. The first-order valence-electron chi connectivity index (χ1n) is 6.90. The normalized spacial score (nSPS) is 18.0. The van der Waals surface area contributed by atoms with Gasteiger partial charge in [-0.1, -0.05) is 12.1 Å². The summed E-state index contributed by atoms with van der Waals surface area (Å²) in [7, 11) is 0. The molecule has 3 rings (SSSR count). The predicted molar refractivity (Wildman–Crippen MR) is 71.6 cm³/mol. The fraction of sp³-hybridized carbons (Fsp3) is 0.467. The van der Waals surface area contributed by atoms with Gasteiger partial charge in [-0.25, -0.2) is 4.79 Å². The van der Waals surface area contributed by atoms with Gasteiger partial charge in [-0.05, 0) is 36.0 Å². The number of hydrogen-bond acceptors (Lipinski definition) is 3. The van der Waals surface area contributed by atoms with E-state index in [9.17, 15) is 9.59 Å². The Balaban J connectivity index is 1.62. The van der Waals surface area contributed by atoms with Crippen LogP contribution >= 0.6 is 0 Å². The van der Waals surface area contributed by atoms with Gasteiger partial charge in [-0.15, -0.1) is 0 Å². The third-order valence-corrected chi connectivity index (χ3v) is 3.79. The average Bonchev–Trinajstić information content (AvgIpc) is 3.13. The van der Waals surface area contributed by atoms with Crippen molar-refractivity contribution in [1.82, 2.24) is 5.32 Å². The highest BCUT2D eigenvalue weighted by atomic mass is 16.5. The van der Waals surface area contributed by atoms with Crippen molar-refractivity contribution in [2.75, 3.05) is 6.61 Å². The maximum Gasteiger partial charge on any atom is 0.326 e. The van der Waals surface area contributed by atoms with Gasteiger partial charge < -0.3 is 15.2 Å². The van der Waals surface area contributed by atoms with E-state index in [1.807, 2.05) is 18.2 Å². The van der Waals surface area contributed by atoms with Crippen molar-refractivity contribution in [2.45, 2.75) is 31.7 Å². The van der Waals surface area contributed by atoms with Crippen LogP contribution in [0, 0.1) is 5.92 Å². The second-order valence-electron chi connectivity index (χ2n) is 5.44. The first-order chi connectivity index (χ1) is 9.63. The molecular formula is C15H17NO4. The Morgan fingerprint density at radius 3 is 2.90 bits per heavy atom. The molecule has 1 atom stereocenters. The third kappa shape index (κ3) is 2.76. The van der Waals surface area contributed by atoms with Crippen molar-refractivity contribution >= 4 is 11.9 Å². The summed E-state index contributed by atoms with van der Waals surface area (Å²) in [6, 6.07) is 4.96. The van der Waals surface area contributed by atoms with Gasteiger partial charge in [0, 0.05) is 6.42 Å². The number of nitrogens with one attached hydrogen (secondary N) is 1. The van der Waals surface area contributed by atoms with E-state index >= 15 is 0 Å². The van der Waals surface area contributed by atoms with Crippen molar-refractivity contribution in [3.05, 3.63) is 29.3 Å². The number of amides is 1. The molecule has 1 aliphatic heterocycles. The number of carbonyl (C=O) groups excluding carboxylic acids is 1. The highest BCUT2D eigenvalue weighted by Crippen LogP contribution is 2.32. The predicted octanol–water partition coefficient (Wildman–Crippen LogP) is 1.14. The van der Waals surface area contributed by atoms with E-state index in [4.69, 9.17) is 9.84 Å². The third-order valence-electron chi connectivity index (χ3n) is 3.79. The van der Waals surface area contributed by atoms with Crippen molar-refractivity contribution in [3.63, 3.8) is 0 Å². The summed E-state index contributed by atoms with van der Waals surface area (Å²) in [6.45, 7) is 0.688. The molecule has 1 unspecified atom stereocenters. The van der Waals surface area contributed by atoms with Crippen molar-refractivity contribution in [3.8, 4) is 5.75 Å². The van der Waals surface area contributed by atoms with Gasteiger partial charge in [-0.2, -0.15) is 0 Å². The molecule has 1 aliphatic carbocycles. The zero-order valence-electron chi connectivity index (χ0n) is 11.1. The summed E-state index contributed by atoms with van der Waals surface area (Å²) < 4.78 is 5.42. The molecular weight excluding hydrogens is 258 g/mol. The minimum Gasteiger partial charge on any atom is -0.493 e. The summed E-state index contributed by atoms with van der Waals surface area (Å²) in [5, 5.41) is 11.7. The molecule has 5 heteroatoms. The number of fused-ring (bicyclic) bond motifs is 1. The van der Waals surface area contributed by atoms with Crippen LogP contribution in [0.5, 0.6) is 5.75 Å². The van der Waals surface area contributed by atoms with E-state index in [1.54, 1.807) is 0 Å². The Labute approximate surface area is 116 Å². The maximum atomic E-state index is 12.0. The number of rotatable bonds is 5. The number of hydrogen-bond donors (Lipinski definition) is 2. The summed E-state index contributed by atoms with van der Waals surface area (Å²) in [4.78, 5) is 23.0. The molecule has 0 radical (unpaired) electrons. The molecule has 0 spiro atoms. The molecule has 20 heavy (non-hydrogen) atoms. The molecule has 1 amide bonds. The van der Waals surface area contributed by atoms with Gasteiger partial charge in [0.25, 0.3) is 0 Å². The largest absolute Gasteiger partial charge is 0.493 e. The summed E-state index contributed by atoms with van der Waals surface area (Å²) in [5.74, 6) is -0.188. The number of aliphatic carboxylic acids is 1. The van der Waals surface area contributed by atoms with E-state index in [0.29, 0.717) is 6.61 Å². The van der Waals surface area contributed by atoms with Crippen molar-refractivity contribution < 1.29 is 19.4 Å². The highest BCUT2D eigenvalue weighted by Gasteiger charge is 2.37. The number of carboxylic acids is 1. The average molecular weight is 275 g/mol. The van der Waals surface area contributed by atoms with E-state index in [2.05, 4.69) is 5.32 Å². The fourth-order valence-electron chi connectivity index (χ4n) is 2.57. The van der Waals surface area contributed by atoms with Crippen LogP contribution in [0.4, 0.5) is 0 Å². The SMILES string of the molecule is O=C(Cc1ccc2c(c1)CCO2)NC(C(=O)O)C1CC1. The Bertz CT molecular complexity index is 551. The van der Waals surface area contributed by atoms with Crippen LogP contribution in [0.2, 0.25) is 0 Å². The fourth-order valence-corrected chi connectivity index (χ4v) is 2.57. The first-order valence-corrected chi connectivity index (χ1v) is 6.90. The second-order valence-corrected chi connectivity index (χ2v) is 5.44. The van der Waals surface area contributed by atoms with Crippen LogP contribution in [0.15, 0.2) is 18.2 Å². The van der Waals surface area contributed by atoms with E-state index in [0.717, 1.165) is 36.1 Å². The maximum absolute atomic E-state index is 12.0. The zero-order valence-corrected chi connectivity index (χ0v) is 11.1. The first kappa shape index (κ1) is 13.0. The lowest BCUT2D eigenvalue weighted by Gasteiger charge is -2.13. The van der Waals surface area contributed by atoms with Crippen LogP contribution in [0.25, 0.3) is 0 Å². The molecule has 5 nitrogen and oxygen atoms in total. The van der Waals surface area contributed by atoms with Crippen LogP contribution in [0.1, 0.15) is 24.0 Å². The molecule has 0 aromatic heterocycles. The van der Waals surface area contributed by atoms with Crippen molar-refractivity contribution in [2.24, 2.45) is 5.92 Å². The smallest absolute Gasteiger partial charge is 0.326 e. The molecule has 106 valence electrons. The van der Waals surface area contributed by atoms with Crippen molar-refractivity contribution in [1.29, 1.82) is 0 Å². The van der Waals surface area contributed by atoms with Gasteiger partial charge in [0.15, 0.2) is 0 Å². The standard InChI is InChI=1S/C15H17NO4/c17-13(16-14(15(18)19)10-2-3-10)8-9-1-4-12-11(7-9)5-6-20-12/h1,4,7,10,14H,2-3,5-6,8H2,(H,16,17)(H,18,19). The molecule has 1 fully saturated rings. The lowest BCUT2D eigenvalue weighted by molar-refractivity contribution is -0.142. The molecule has 2 N–H and O–H groups in total. The molecule has 1 aromatic carbocycles. The highest BCUT2D eigenvalue weighted by molar-refractivity contribution is 5.85. The Hall–Kier alpha value is -2.04. The van der Waals surface area contributed by atoms with Crippen LogP contribution in [-0.4, -0.2) is 29.6 Å². The van der Waals surface area contributed by atoms with Gasteiger partial charge in [0.1, 0.15) is 11.8 Å². The number of benzene rings is 1. The van der Waals surface area contributed by atoms with Crippen LogP contribution < -0.4 is 10.1 Å². The van der Waals surface area contributed by atoms with Crippen LogP contribution in [-0.2, 0) is 22.4 Å². The molecule has 1 heterocycles. The van der Waals surface area contributed by atoms with Gasteiger partial charge in [0.2, 0.25) is 5.91 Å². The lowest BCUT2D eigenvalue weighted by atomic mass is 10.1. The molecule has 0 saturated heterocycles. The minimum absolute atomic E-state index is 0.102. The Morgan fingerprint density at radius 1 is 1.40 bits per heavy atom. The number of carboxylic acid groups (broad SMARTS) is 1. The second kappa shape index (κ2) is 5.15. The monoisotopic (exact) mass is 275 g/mol. The van der Waals surface area contributed by atoms with Gasteiger partial charge in [-0.3, -0.25) is 4.79 Å². The van der Waals surface area contributed by atoms with E-state index in [-0.39, 0.29) is 18.2 Å². The molecule has 1 aromatic rings. The Morgan fingerprint density at radius 2 is 2.20 bits per heavy atom. The van der Waals surface area contributed by atoms with Gasteiger partial charge >= 0.3 is 5.97 Å². The summed E-state index contributed by atoms with van der Waals surface area (Å²) >= 11 is 0. The van der Waals surface area contributed by atoms with Crippen LogP contribution in [0.3, 0.4) is 0 Å². The summed E-state index contributed by atoms with van der Waals surface area (Å²) in [6.07, 6.45) is 2.84. The minimum atomic E-state index is -0.941.